The molecule has 0 bridgehead atoms. The van der Waals surface area contributed by atoms with Crippen LogP contribution in [0.25, 0.3) is 0 Å². The van der Waals surface area contributed by atoms with E-state index in [1.165, 1.54) is 11.3 Å². The average Bonchev–Trinajstić information content (AvgIpc) is 2.95. The second kappa shape index (κ2) is 6.26. The molecule has 0 unspecified atom stereocenters. The van der Waals surface area contributed by atoms with Gasteiger partial charge in [-0.1, -0.05) is 13.3 Å². The Morgan fingerprint density at radius 2 is 2.19 bits per heavy atom. The van der Waals surface area contributed by atoms with E-state index in [9.17, 15) is 0 Å². The van der Waals surface area contributed by atoms with Gasteiger partial charge in [0.05, 0.1) is 6.54 Å². The van der Waals surface area contributed by atoms with Crippen LogP contribution in [0.4, 0.5) is 5.82 Å². The minimum Gasteiger partial charge on any atom is -0.347 e. The van der Waals surface area contributed by atoms with Crippen LogP contribution in [0, 0.1) is 0 Å². The Morgan fingerprint density at radius 3 is 3.00 bits per heavy atom. The minimum absolute atomic E-state index is 0.842. The number of nitrogens with zero attached hydrogens (tertiary/aromatic N) is 4. The highest BCUT2D eigenvalue weighted by Gasteiger charge is 2.18. The molecule has 1 N–H and O–H groups in total. The van der Waals surface area contributed by atoms with Gasteiger partial charge in [0.25, 0.3) is 0 Å². The zero-order valence-corrected chi connectivity index (χ0v) is 12.8. The van der Waals surface area contributed by atoms with Crippen molar-refractivity contribution < 1.29 is 0 Å². The van der Waals surface area contributed by atoms with Gasteiger partial charge in [-0.15, -0.1) is 0 Å². The van der Waals surface area contributed by atoms with Crippen LogP contribution in [0.5, 0.6) is 0 Å². The van der Waals surface area contributed by atoms with Crippen LogP contribution in [0.2, 0.25) is 0 Å². The first-order chi connectivity index (χ1) is 10.3. The van der Waals surface area contributed by atoms with E-state index in [1.807, 2.05) is 13.2 Å². The standard InChI is InChI=1S/C16H23N5/c1-3-4-14-9-13(11-17-2)10-15(19-14)21-8-7-20-6-5-18-16(20)12-21/h5-6,9-10,17H,3-4,7-8,11-12H2,1-2H3. The number of imidazole rings is 1. The van der Waals surface area contributed by atoms with Crippen molar-refractivity contribution in [3.63, 3.8) is 0 Å². The fourth-order valence-corrected chi connectivity index (χ4v) is 2.85. The lowest BCUT2D eigenvalue weighted by Crippen LogP contribution is -2.34. The smallest absolute Gasteiger partial charge is 0.129 e. The number of rotatable bonds is 5. The Bertz CT molecular complexity index is 580. The van der Waals surface area contributed by atoms with Crippen molar-refractivity contribution in [2.75, 3.05) is 18.5 Å². The summed E-state index contributed by atoms with van der Waals surface area (Å²) in [6, 6.07) is 4.42. The third kappa shape index (κ3) is 3.08. The Kier molecular flexibility index (Phi) is 4.20. The summed E-state index contributed by atoms with van der Waals surface area (Å²) in [6.45, 7) is 5.90. The van der Waals surface area contributed by atoms with Gasteiger partial charge in [-0.2, -0.15) is 0 Å². The second-order valence-electron chi connectivity index (χ2n) is 5.56. The van der Waals surface area contributed by atoms with Gasteiger partial charge in [0.1, 0.15) is 11.6 Å². The van der Waals surface area contributed by atoms with Crippen molar-refractivity contribution in [3.8, 4) is 0 Å². The number of anilines is 1. The Balaban J connectivity index is 1.87. The van der Waals surface area contributed by atoms with Crippen molar-refractivity contribution in [1.82, 2.24) is 19.9 Å². The number of aromatic nitrogens is 3. The van der Waals surface area contributed by atoms with Gasteiger partial charge < -0.3 is 14.8 Å². The zero-order valence-electron chi connectivity index (χ0n) is 12.8. The fraction of sp³-hybridized carbons (Fsp3) is 0.500. The van der Waals surface area contributed by atoms with Gasteiger partial charge in [-0.05, 0) is 31.2 Å². The maximum atomic E-state index is 4.85. The van der Waals surface area contributed by atoms with E-state index in [2.05, 4.69) is 45.0 Å². The molecule has 3 rings (SSSR count). The monoisotopic (exact) mass is 285 g/mol. The molecule has 2 aromatic rings. The highest BCUT2D eigenvalue weighted by molar-refractivity contribution is 5.43. The van der Waals surface area contributed by atoms with Crippen LogP contribution < -0.4 is 10.2 Å². The molecule has 0 fully saturated rings. The van der Waals surface area contributed by atoms with Gasteiger partial charge in [0.2, 0.25) is 0 Å². The SMILES string of the molecule is CCCc1cc(CNC)cc(N2CCn3ccnc3C2)n1. The second-order valence-corrected chi connectivity index (χ2v) is 5.56. The molecule has 5 heteroatoms. The molecule has 5 nitrogen and oxygen atoms in total. The zero-order chi connectivity index (χ0) is 14.7. The highest BCUT2D eigenvalue weighted by atomic mass is 15.3. The van der Waals surface area contributed by atoms with E-state index in [0.29, 0.717) is 0 Å². The summed E-state index contributed by atoms with van der Waals surface area (Å²) in [6.07, 6.45) is 6.10. The molecule has 0 saturated heterocycles. The van der Waals surface area contributed by atoms with Crippen molar-refractivity contribution in [2.45, 2.75) is 39.4 Å². The predicted octanol–water partition coefficient (Wildman–Crippen LogP) is 1.97. The quantitative estimate of drug-likeness (QED) is 0.912. The summed E-state index contributed by atoms with van der Waals surface area (Å²) in [5.74, 6) is 2.21. The number of nitrogens with one attached hydrogen (secondary N) is 1. The molecule has 0 spiro atoms. The van der Waals surface area contributed by atoms with Crippen LogP contribution in [-0.4, -0.2) is 28.1 Å². The van der Waals surface area contributed by atoms with Gasteiger partial charge in [-0.25, -0.2) is 9.97 Å². The average molecular weight is 285 g/mol. The topological polar surface area (TPSA) is 46.0 Å². The molecule has 1 aliphatic rings. The van der Waals surface area contributed by atoms with E-state index in [-0.39, 0.29) is 0 Å². The van der Waals surface area contributed by atoms with E-state index < -0.39 is 0 Å². The number of hydrogen-bond donors (Lipinski definition) is 1. The van der Waals surface area contributed by atoms with Crippen LogP contribution in [0.3, 0.4) is 0 Å². The van der Waals surface area contributed by atoms with Gasteiger partial charge in [0, 0.05) is 37.7 Å². The van der Waals surface area contributed by atoms with Crippen LogP contribution >= 0.6 is 0 Å². The summed E-state index contributed by atoms with van der Waals surface area (Å²) in [5.41, 5.74) is 2.49. The molecule has 0 aliphatic carbocycles. The molecule has 0 atom stereocenters. The number of aryl methyl sites for hydroxylation is 1. The molecular formula is C16H23N5. The van der Waals surface area contributed by atoms with E-state index in [1.54, 1.807) is 0 Å². The first-order valence-electron chi connectivity index (χ1n) is 7.69. The van der Waals surface area contributed by atoms with Crippen LogP contribution in [0.15, 0.2) is 24.5 Å². The number of fused-ring (bicyclic) bond motifs is 1. The van der Waals surface area contributed by atoms with Gasteiger partial charge in [0.15, 0.2) is 0 Å². The Labute approximate surface area is 126 Å². The molecule has 1 aliphatic heterocycles. The maximum absolute atomic E-state index is 4.85. The molecule has 0 amide bonds. The van der Waals surface area contributed by atoms with Gasteiger partial charge >= 0.3 is 0 Å². The van der Waals surface area contributed by atoms with Crippen molar-refractivity contribution in [2.24, 2.45) is 0 Å². The largest absolute Gasteiger partial charge is 0.347 e. The van der Waals surface area contributed by atoms with Crippen molar-refractivity contribution >= 4 is 5.82 Å². The lowest BCUT2D eigenvalue weighted by atomic mass is 10.1. The third-order valence-corrected chi connectivity index (χ3v) is 3.88. The predicted molar refractivity (Wildman–Crippen MR) is 84.3 cm³/mol. The lowest BCUT2D eigenvalue weighted by molar-refractivity contribution is 0.555. The summed E-state index contributed by atoms with van der Waals surface area (Å²) in [4.78, 5) is 11.6. The number of pyridine rings is 1. The number of hydrogen-bond acceptors (Lipinski definition) is 4. The molecule has 112 valence electrons. The van der Waals surface area contributed by atoms with E-state index >= 15 is 0 Å². The summed E-state index contributed by atoms with van der Waals surface area (Å²) >= 11 is 0. The summed E-state index contributed by atoms with van der Waals surface area (Å²) in [7, 11) is 1.98. The third-order valence-electron chi connectivity index (χ3n) is 3.88. The maximum Gasteiger partial charge on any atom is 0.129 e. The van der Waals surface area contributed by atoms with E-state index in [0.717, 1.165) is 50.7 Å². The molecule has 21 heavy (non-hydrogen) atoms. The first-order valence-corrected chi connectivity index (χ1v) is 7.69. The van der Waals surface area contributed by atoms with Crippen molar-refractivity contribution in [3.05, 3.63) is 41.6 Å². The molecule has 0 saturated carbocycles. The summed E-state index contributed by atoms with van der Waals surface area (Å²) < 4.78 is 2.22. The molecular weight excluding hydrogens is 262 g/mol. The molecule has 0 aromatic carbocycles. The van der Waals surface area contributed by atoms with E-state index in [4.69, 9.17) is 4.98 Å². The first kappa shape index (κ1) is 14.1. The van der Waals surface area contributed by atoms with Crippen LogP contribution in [0.1, 0.15) is 30.4 Å². The molecule has 3 heterocycles. The Morgan fingerprint density at radius 1 is 1.29 bits per heavy atom. The fourth-order valence-electron chi connectivity index (χ4n) is 2.85. The normalized spacial score (nSPS) is 14.3. The highest BCUT2D eigenvalue weighted by Crippen LogP contribution is 2.21. The van der Waals surface area contributed by atoms with Crippen molar-refractivity contribution in [1.29, 1.82) is 0 Å². The minimum atomic E-state index is 0.842. The van der Waals surface area contributed by atoms with Crippen LogP contribution in [-0.2, 0) is 26.1 Å². The molecule has 0 radical (unpaired) electrons. The van der Waals surface area contributed by atoms with Gasteiger partial charge in [-0.3, -0.25) is 0 Å². The summed E-state index contributed by atoms with van der Waals surface area (Å²) in [5, 5.41) is 3.23. The lowest BCUT2D eigenvalue weighted by Gasteiger charge is -2.29. The molecule has 2 aromatic heterocycles. The Hall–Kier alpha value is -1.88.